The summed E-state index contributed by atoms with van der Waals surface area (Å²) in [7, 11) is 0. The summed E-state index contributed by atoms with van der Waals surface area (Å²) < 4.78 is 7.04. The standard InChI is InChI=1S/C8H9ClO/c9-6-8(10)7-4-2-1-3-5-7/h1-5,8,10H,6H2/i6D/t6-,8?/m1/s1. The van der Waals surface area contributed by atoms with Gasteiger partial charge in [-0.3, -0.25) is 0 Å². The zero-order valence-electron chi connectivity index (χ0n) is 6.37. The Bertz CT molecular complexity index is 213. The number of hydrogen-bond acceptors (Lipinski definition) is 1. The third-order valence-corrected chi connectivity index (χ3v) is 1.50. The summed E-state index contributed by atoms with van der Waals surface area (Å²) in [6.45, 7) is 0. The molecule has 0 radical (unpaired) electrons. The van der Waals surface area contributed by atoms with Gasteiger partial charge in [-0.2, -0.15) is 0 Å². The molecule has 1 rings (SSSR count). The van der Waals surface area contributed by atoms with Crippen LogP contribution in [0.3, 0.4) is 0 Å². The van der Waals surface area contributed by atoms with E-state index in [4.69, 9.17) is 13.0 Å². The molecular formula is C8H9ClO. The summed E-state index contributed by atoms with van der Waals surface area (Å²) in [5, 5.41) is 9.28. The summed E-state index contributed by atoms with van der Waals surface area (Å²) >= 11 is 5.38. The third kappa shape index (κ3) is 1.72. The number of halogens is 1. The Balaban J connectivity index is 2.77. The van der Waals surface area contributed by atoms with Gasteiger partial charge < -0.3 is 5.11 Å². The minimum absolute atomic E-state index is 0.683. The van der Waals surface area contributed by atoms with Crippen molar-refractivity contribution in [3.63, 3.8) is 0 Å². The zero-order chi connectivity index (χ0) is 8.27. The van der Waals surface area contributed by atoms with Crippen molar-refractivity contribution in [2.45, 2.75) is 6.10 Å². The second kappa shape index (κ2) is 3.59. The monoisotopic (exact) mass is 157 g/mol. The van der Waals surface area contributed by atoms with E-state index in [1.807, 2.05) is 6.07 Å². The van der Waals surface area contributed by atoms with Crippen molar-refractivity contribution in [1.29, 1.82) is 0 Å². The summed E-state index contributed by atoms with van der Waals surface area (Å²) in [5.41, 5.74) is 0.683. The molecule has 0 amide bonds. The molecule has 0 aliphatic carbocycles. The van der Waals surface area contributed by atoms with Crippen molar-refractivity contribution in [2.75, 3.05) is 5.86 Å². The fourth-order valence-electron chi connectivity index (χ4n) is 0.723. The largest absolute Gasteiger partial charge is 0.387 e. The Kier molecular flexibility index (Phi) is 2.23. The lowest BCUT2D eigenvalue weighted by molar-refractivity contribution is 0.202. The number of aliphatic hydroxyl groups is 1. The highest BCUT2D eigenvalue weighted by Gasteiger charge is 2.02. The van der Waals surface area contributed by atoms with E-state index in [9.17, 15) is 5.11 Å². The lowest BCUT2D eigenvalue weighted by Crippen LogP contribution is -1.96. The van der Waals surface area contributed by atoms with Crippen molar-refractivity contribution >= 4 is 11.6 Å². The molecule has 2 atom stereocenters. The van der Waals surface area contributed by atoms with Gasteiger partial charge in [0.25, 0.3) is 0 Å². The fourth-order valence-corrected chi connectivity index (χ4v) is 0.868. The summed E-state index contributed by atoms with van der Waals surface area (Å²) in [4.78, 5) is 0. The molecule has 1 aromatic rings. The van der Waals surface area contributed by atoms with Gasteiger partial charge in [-0.25, -0.2) is 0 Å². The number of benzene rings is 1. The predicted molar refractivity (Wildman–Crippen MR) is 42.1 cm³/mol. The topological polar surface area (TPSA) is 20.2 Å². The fraction of sp³-hybridized carbons (Fsp3) is 0.250. The number of aliphatic hydroxyl groups excluding tert-OH is 1. The first-order valence-electron chi connectivity index (χ1n) is 3.59. The van der Waals surface area contributed by atoms with Gasteiger partial charge in [0.1, 0.15) is 0 Å². The highest BCUT2D eigenvalue weighted by molar-refractivity contribution is 6.18. The molecule has 1 aromatic carbocycles. The van der Waals surface area contributed by atoms with Crippen LogP contribution >= 0.6 is 11.6 Å². The van der Waals surface area contributed by atoms with Gasteiger partial charge in [0, 0.05) is 1.37 Å². The van der Waals surface area contributed by atoms with Crippen molar-refractivity contribution in [3.8, 4) is 0 Å². The minimum atomic E-state index is -0.989. The minimum Gasteiger partial charge on any atom is -0.387 e. The van der Waals surface area contributed by atoms with E-state index in [1.54, 1.807) is 24.3 Å². The second-order valence-electron chi connectivity index (χ2n) is 1.98. The molecule has 0 spiro atoms. The van der Waals surface area contributed by atoms with E-state index in [1.165, 1.54) is 0 Å². The lowest BCUT2D eigenvalue weighted by atomic mass is 10.1. The van der Waals surface area contributed by atoms with E-state index in [0.29, 0.717) is 5.56 Å². The molecule has 1 nitrogen and oxygen atoms in total. The maximum Gasteiger partial charge on any atom is 0.0925 e. The van der Waals surface area contributed by atoms with Crippen LogP contribution in [0, 0.1) is 0 Å². The molecule has 1 unspecified atom stereocenters. The lowest BCUT2D eigenvalue weighted by Gasteiger charge is -2.04. The smallest absolute Gasteiger partial charge is 0.0925 e. The van der Waals surface area contributed by atoms with Crippen molar-refractivity contribution < 1.29 is 6.48 Å². The number of hydrogen-bond donors (Lipinski definition) is 1. The van der Waals surface area contributed by atoms with E-state index in [-0.39, 0.29) is 0 Å². The average Bonchev–Trinajstić information content (AvgIpc) is 2.05. The molecule has 0 fully saturated rings. The first kappa shape index (κ1) is 6.20. The van der Waals surface area contributed by atoms with Gasteiger partial charge in [0.15, 0.2) is 0 Å². The van der Waals surface area contributed by atoms with Crippen LogP contribution in [0.2, 0.25) is 0 Å². The normalized spacial score (nSPS) is 17.6. The maximum atomic E-state index is 9.28. The Morgan fingerprint density at radius 3 is 2.60 bits per heavy atom. The maximum absolute atomic E-state index is 9.28. The molecule has 0 bridgehead atoms. The SMILES string of the molecule is [2H][C@@H](Cl)C(O)c1ccccc1. The van der Waals surface area contributed by atoms with E-state index < -0.39 is 12.0 Å². The van der Waals surface area contributed by atoms with Crippen LogP contribution in [-0.4, -0.2) is 11.0 Å². The van der Waals surface area contributed by atoms with Gasteiger partial charge in [-0.1, -0.05) is 30.3 Å². The van der Waals surface area contributed by atoms with Crippen LogP contribution < -0.4 is 0 Å². The van der Waals surface area contributed by atoms with Gasteiger partial charge in [-0.05, 0) is 5.56 Å². The predicted octanol–water partition coefficient (Wildman–Crippen LogP) is 1.96. The Morgan fingerprint density at radius 1 is 1.50 bits per heavy atom. The van der Waals surface area contributed by atoms with E-state index in [0.717, 1.165) is 0 Å². The van der Waals surface area contributed by atoms with Crippen LogP contribution in [0.4, 0.5) is 0 Å². The summed E-state index contributed by atoms with van der Waals surface area (Å²) in [6.07, 6.45) is -0.891. The first-order chi connectivity index (χ1) is 5.22. The molecule has 2 heteroatoms. The Morgan fingerprint density at radius 2 is 2.10 bits per heavy atom. The molecule has 0 aromatic heterocycles. The third-order valence-electron chi connectivity index (χ3n) is 1.26. The van der Waals surface area contributed by atoms with Gasteiger partial charge in [0.2, 0.25) is 0 Å². The number of rotatable bonds is 2. The molecule has 0 saturated heterocycles. The Hall–Kier alpha value is -0.530. The summed E-state index contributed by atoms with van der Waals surface area (Å²) in [5.74, 6) is -0.989. The highest BCUT2D eigenvalue weighted by Crippen LogP contribution is 2.12. The van der Waals surface area contributed by atoms with E-state index in [2.05, 4.69) is 0 Å². The van der Waals surface area contributed by atoms with Crippen LogP contribution in [0.1, 0.15) is 13.0 Å². The molecular weight excluding hydrogens is 148 g/mol. The quantitative estimate of drug-likeness (QED) is 0.651. The van der Waals surface area contributed by atoms with Crippen molar-refractivity contribution in [3.05, 3.63) is 35.9 Å². The molecule has 10 heavy (non-hydrogen) atoms. The Labute approximate surface area is 66.7 Å². The molecule has 0 aliphatic rings. The zero-order valence-corrected chi connectivity index (χ0v) is 6.12. The highest BCUT2D eigenvalue weighted by atomic mass is 35.5. The van der Waals surface area contributed by atoms with Crippen LogP contribution in [0.5, 0.6) is 0 Å². The molecule has 1 N–H and O–H groups in total. The average molecular weight is 158 g/mol. The second-order valence-corrected chi connectivity index (χ2v) is 2.23. The van der Waals surface area contributed by atoms with Crippen molar-refractivity contribution in [1.82, 2.24) is 0 Å². The van der Waals surface area contributed by atoms with Crippen LogP contribution in [-0.2, 0) is 0 Å². The van der Waals surface area contributed by atoms with Gasteiger partial charge in [-0.15, -0.1) is 11.6 Å². The number of alkyl halides is 1. The molecule has 0 aliphatic heterocycles. The summed E-state index contributed by atoms with van der Waals surface area (Å²) in [6, 6.07) is 8.95. The molecule has 0 saturated carbocycles. The molecule has 0 heterocycles. The van der Waals surface area contributed by atoms with E-state index >= 15 is 0 Å². The van der Waals surface area contributed by atoms with Gasteiger partial charge >= 0.3 is 0 Å². The molecule has 54 valence electrons. The first-order valence-corrected chi connectivity index (χ1v) is 3.45. The van der Waals surface area contributed by atoms with Gasteiger partial charge in [0.05, 0.1) is 12.0 Å². The van der Waals surface area contributed by atoms with Crippen LogP contribution in [0.15, 0.2) is 30.3 Å². The van der Waals surface area contributed by atoms with Crippen molar-refractivity contribution in [2.24, 2.45) is 0 Å². The van der Waals surface area contributed by atoms with Crippen LogP contribution in [0.25, 0.3) is 0 Å².